The number of amides is 1. The first kappa shape index (κ1) is 11.9. The first-order valence-corrected chi connectivity index (χ1v) is 5.94. The van der Waals surface area contributed by atoms with E-state index < -0.39 is 5.91 Å². The molecule has 92 valence electrons. The summed E-state index contributed by atoms with van der Waals surface area (Å²) in [7, 11) is 0. The van der Waals surface area contributed by atoms with Crippen molar-refractivity contribution in [3.8, 4) is 5.75 Å². The molecular weight excluding hydrogens is 216 g/mol. The number of nitrogens with two attached hydrogens (primary N) is 1. The van der Waals surface area contributed by atoms with Gasteiger partial charge in [-0.3, -0.25) is 4.79 Å². The summed E-state index contributed by atoms with van der Waals surface area (Å²) >= 11 is 0. The van der Waals surface area contributed by atoms with E-state index in [1.165, 1.54) is 0 Å². The Hall–Kier alpha value is -1.55. The van der Waals surface area contributed by atoms with Gasteiger partial charge < -0.3 is 15.8 Å². The van der Waals surface area contributed by atoms with Crippen LogP contribution < -0.4 is 15.8 Å². The van der Waals surface area contributed by atoms with Crippen LogP contribution in [0.25, 0.3) is 0 Å². The molecule has 1 fully saturated rings. The van der Waals surface area contributed by atoms with Crippen molar-refractivity contribution < 1.29 is 9.53 Å². The number of nitrogens with one attached hydrogen (secondary N) is 1. The van der Waals surface area contributed by atoms with E-state index in [4.69, 9.17) is 10.5 Å². The molecule has 0 bridgehead atoms. The fourth-order valence-electron chi connectivity index (χ4n) is 2.02. The van der Waals surface area contributed by atoms with Gasteiger partial charge in [0.2, 0.25) is 0 Å². The van der Waals surface area contributed by atoms with Crippen molar-refractivity contribution in [3.63, 3.8) is 0 Å². The highest BCUT2D eigenvalue weighted by molar-refractivity contribution is 5.95. The first-order chi connectivity index (χ1) is 8.16. The molecule has 1 aromatic carbocycles. The van der Waals surface area contributed by atoms with Crippen molar-refractivity contribution in [2.24, 2.45) is 5.73 Å². The van der Waals surface area contributed by atoms with Gasteiger partial charge in [0.25, 0.3) is 5.91 Å². The van der Waals surface area contributed by atoms with E-state index in [1.807, 2.05) is 19.1 Å². The van der Waals surface area contributed by atoms with Crippen molar-refractivity contribution >= 4 is 5.91 Å². The number of carbonyl (C=O) groups excluding carboxylic acids is 1. The van der Waals surface area contributed by atoms with Gasteiger partial charge in [0.1, 0.15) is 11.9 Å². The number of ether oxygens (including phenoxy) is 1. The second kappa shape index (κ2) is 5.19. The van der Waals surface area contributed by atoms with Gasteiger partial charge in [-0.05, 0) is 50.6 Å². The summed E-state index contributed by atoms with van der Waals surface area (Å²) in [4.78, 5) is 11.3. The molecule has 17 heavy (non-hydrogen) atoms. The smallest absolute Gasteiger partial charge is 0.252 e. The fraction of sp³-hybridized carbons (Fsp3) is 0.462. The van der Waals surface area contributed by atoms with Crippen molar-refractivity contribution in [1.29, 1.82) is 0 Å². The van der Waals surface area contributed by atoms with Crippen LogP contribution in [0.1, 0.15) is 28.8 Å². The molecule has 4 heteroatoms. The van der Waals surface area contributed by atoms with Crippen molar-refractivity contribution in [2.45, 2.75) is 25.9 Å². The molecule has 2 rings (SSSR count). The molecule has 0 atom stereocenters. The minimum absolute atomic E-state index is 0.177. The molecule has 4 nitrogen and oxygen atoms in total. The van der Waals surface area contributed by atoms with Gasteiger partial charge in [0, 0.05) is 0 Å². The SMILES string of the molecule is Cc1ccc(C(N)=O)c(OC2CCNCC2)c1. The molecule has 0 unspecified atom stereocenters. The molecule has 0 saturated carbocycles. The van der Waals surface area contributed by atoms with Crippen molar-refractivity contribution in [2.75, 3.05) is 13.1 Å². The summed E-state index contributed by atoms with van der Waals surface area (Å²) in [5.41, 5.74) is 6.87. The first-order valence-electron chi connectivity index (χ1n) is 5.94. The van der Waals surface area contributed by atoms with Crippen LogP contribution >= 0.6 is 0 Å². The normalized spacial score (nSPS) is 16.8. The van der Waals surface area contributed by atoms with Crippen LogP contribution in [-0.2, 0) is 0 Å². The maximum atomic E-state index is 11.3. The van der Waals surface area contributed by atoms with Gasteiger partial charge in [-0.15, -0.1) is 0 Å². The lowest BCUT2D eigenvalue weighted by molar-refractivity contribution is 0.0989. The quantitative estimate of drug-likeness (QED) is 0.826. The molecule has 0 aliphatic carbocycles. The number of hydrogen-bond donors (Lipinski definition) is 2. The third-order valence-corrected chi connectivity index (χ3v) is 2.98. The Morgan fingerprint density at radius 3 is 2.76 bits per heavy atom. The Kier molecular flexibility index (Phi) is 3.64. The van der Waals surface area contributed by atoms with Gasteiger partial charge in [0.05, 0.1) is 5.56 Å². The van der Waals surface area contributed by atoms with Crippen LogP contribution in [0, 0.1) is 6.92 Å². The molecule has 1 heterocycles. The summed E-state index contributed by atoms with van der Waals surface area (Å²) in [5, 5.41) is 3.28. The van der Waals surface area contributed by atoms with Gasteiger partial charge in [-0.25, -0.2) is 0 Å². The molecule has 1 aromatic rings. The second-order valence-corrected chi connectivity index (χ2v) is 4.43. The molecule has 0 radical (unpaired) electrons. The van der Waals surface area contributed by atoms with Crippen LogP contribution in [0.2, 0.25) is 0 Å². The lowest BCUT2D eigenvalue weighted by Gasteiger charge is -2.24. The second-order valence-electron chi connectivity index (χ2n) is 4.43. The third-order valence-electron chi connectivity index (χ3n) is 2.98. The summed E-state index contributed by atoms with van der Waals surface area (Å²) in [6.45, 7) is 3.89. The summed E-state index contributed by atoms with van der Waals surface area (Å²) in [5.74, 6) is 0.179. The maximum Gasteiger partial charge on any atom is 0.252 e. The Balaban J connectivity index is 2.17. The summed E-state index contributed by atoms with van der Waals surface area (Å²) < 4.78 is 5.89. The molecule has 1 saturated heterocycles. The largest absolute Gasteiger partial charge is 0.489 e. The van der Waals surface area contributed by atoms with Crippen LogP contribution in [0.4, 0.5) is 0 Å². The van der Waals surface area contributed by atoms with E-state index >= 15 is 0 Å². The van der Waals surface area contributed by atoms with Crippen LogP contribution in [0.15, 0.2) is 18.2 Å². The Morgan fingerprint density at radius 1 is 1.41 bits per heavy atom. The predicted octanol–water partition coefficient (Wildman–Crippen LogP) is 1.22. The molecule has 3 N–H and O–H groups in total. The highest BCUT2D eigenvalue weighted by Gasteiger charge is 2.17. The molecule has 0 spiro atoms. The standard InChI is InChI=1S/C13H18N2O2/c1-9-2-3-11(13(14)16)12(8-9)17-10-4-6-15-7-5-10/h2-3,8,10,15H,4-7H2,1H3,(H2,14,16). The van der Waals surface area contributed by atoms with E-state index in [0.29, 0.717) is 11.3 Å². The number of piperidine rings is 1. The highest BCUT2D eigenvalue weighted by Crippen LogP contribution is 2.23. The number of rotatable bonds is 3. The Bertz CT molecular complexity index is 412. The summed E-state index contributed by atoms with van der Waals surface area (Å²) in [6, 6.07) is 5.48. The predicted molar refractivity (Wildman–Crippen MR) is 66.2 cm³/mol. The molecule has 1 amide bonds. The number of benzene rings is 1. The zero-order valence-corrected chi connectivity index (χ0v) is 10.0. The zero-order valence-electron chi connectivity index (χ0n) is 10.0. The number of carbonyl (C=O) groups is 1. The van der Waals surface area contributed by atoms with Gasteiger partial charge in [-0.1, -0.05) is 6.07 Å². The average Bonchev–Trinajstić information content (AvgIpc) is 2.30. The number of primary amides is 1. The molecular formula is C13H18N2O2. The fourth-order valence-corrected chi connectivity index (χ4v) is 2.02. The van der Waals surface area contributed by atoms with E-state index in [1.54, 1.807) is 6.07 Å². The van der Waals surface area contributed by atoms with Gasteiger partial charge in [0.15, 0.2) is 0 Å². The Morgan fingerprint density at radius 2 is 2.12 bits per heavy atom. The van der Waals surface area contributed by atoms with Crippen LogP contribution in [-0.4, -0.2) is 25.1 Å². The zero-order chi connectivity index (χ0) is 12.3. The van der Waals surface area contributed by atoms with E-state index in [-0.39, 0.29) is 6.10 Å². The molecule has 1 aliphatic heterocycles. The number of aryl methyl sites for hydroxylation is 1. The monoisotopic (exact) mass is 234 g/mol. The van der Waals surface area contributed by atoms with E-state index in [2.05, 4.69) is 5.32 Å². The molecule has 1 aliphatic rings. The third kappa shape index (κ3) is 2.97. The Labute approximate surface area is 101 Å². The topological polar surface area (TPSA) is 64.4 Å². The lowest BCUT2D eigenvalue weighted by atomic mass is 10.1. The van der Waals surface area contributed by atoms with E-state index in [9.17, 15) is 4.79 Å². The van der Waals surface area contributed by atoms with Gasteiger partial charge >= 0.3 is 0 Å². The van der Waals surface area contributed by atoms with Crippen LogP contribution in [0.3, 0.4) is 0 Å². The summed E-state index contributed by atoms with van der Waals surface area (Å²) in [6.07, 6.45) is 2.11. The lowest BCUT2D eigenvalue weighted by Crippen LogP contribution is -2.34. The number of hydrogen-bond acceptors (Lipinski definition) is 3. The average molecular weight is 234 g/mol. The highest BCUT2D eigenvalue weighted by atomic mass is 16.5. The van der Waals surface area contributed by atoms with Crippen molar-refractivity contribution in [3.05, 3.63) is 29.3 Å². The van der Waals surface area contributed by atoms with Crippen LogP contribution in [0.5, 0.6) is 5.75 Å². The molecule has 0 aromatic heterocycles. The van der Waals surface area contributed by atoms with Crippen molar-refractivity contribution in [1.82, 2.24) is 5.32 Å². The minimum Gasteiger partial charge on any atom is -0.489 e. The van der Waals surface area contributed by atoms with E-state index in [0.717, 1.165) is 31.5 Å². The van der Waals surface area contributed by atoms with Gasteiger partial charge in [-0.2, -0.15) is 0 Å². The maximum absolute atomic E-state index is 11.3. The minimum atomic E-state index is -0.436.